The maximum Gasteiger partial charge on any atom is 0.239 e. The second-order valence-corrected chi connectivity index (χ2v) is 8.53. The summed E-state index contributed by atoms with van der Waals surface area (Å²) in [6.45, 7) is 7.68. The predicted octanol–water partition coefficient (Wildman–Crippen LogP) is 3.56. The van der Waals surface area contributed by atoms with Gasteiger partial charge in [-0.15, -0.1) is 0 Å². The number of nitrogens with zero attached hydrogens (tertiary/aromatic N) is 1. The normalized spacial score (nSPS) is 24.4. The van der Waals surface area contributed by atoms with Gasteiger partial charge in [0.1, 0.15) is 0 Å². The summed E-state index contributed by atoms with van der Waals surface area (Å²) in [5.41, 5.74) is 7.31. The lowest BCUT2D eigenvalue weighted by Gasteiger charge is -2.23. The highest BCUT2D eigenvalue weighted by Crippen LogP contribution is 2.38. The number of hydrogen-bond acceptors (Lipinski definition) is 4. The molecule has 0 radical (unpaired) electrons. The Bertz CT molecular complexity index is 655. The molecule has 0 bridgehead atoms. The van der Waals surface area contributed by atoms with Crippen LogP contribution in [-0.2, 0) is 4.79 Å². The largest absolute Gasteiger partial charge is 0.493 e. The Labute approximate surface area is 163 Å². The van der Waals surface area contributed by atoms with Crippen LogP contribution in [-0.4, -0.2) is 43.2 Å². The highest BCUT2D eigenvalue weighted by molar-refractivity contribution is 5.82. The van der Waals surface area contributed by atoms with Crippen LogP contribution < -0.4 is 15.2 Å². The lowest BCUT2D eigenvalue weighted by atomic mass is 9.90. The van der Waals surface area contributed by atoms with Gasteiger partial charge in [0, 0.05) is 19.0 Å². The minimum absolute atomic E-state index is 0.0651. The van der Waals surface area contributed by atoms with Gasteiger partial charge in [-0.3, -0.25) is 4.79 Å². The minimum atomic E-state index is -0.423. The zero-order valence-electron chi connectivity index (χ0n) is 17.1. The summed E-state index contributed by atoms with van der Waals surface area (Å²) in [5.74, 6) is 2.52. The van der Waals surface area contributed by atoms with E-state index in [1.165, 1.54) is 18.4 Å². The number of hydrogen-bond donors (Lipinski definition) is 1. The van der Waals surface area contributed by atoms with Gasteiger partial charge in [0.05, 0.1) is 19.3 Å². The number of rotatable bonds is 6. The van der Waals surface area contributed by atoms with Crippen molar-refractivity contribution in [3.8, 4) is 11.5 Å². The van der Waals surface area contributed by atoms with Crippen LogP contribution in [0.4, 0.5) is 0 Å². The van der Waals surface area contributed by atoms with E-state index in [9.17, 15) is 4.79 Å². The number of amides is 1. The fraction of sp³-hybridized carbons (Fsp3) is 0.682. The van der Waals surface area contributed by atoms with E-state index in [2.05, 4.69) is 19.1 Å². The van der Waals surface area contributed by atoms with Gasteiger partial charge in [0.2, 0.25) is 5.91 Å². The average Bonchev–Trinajstić information content (AvgIpc) is 3.30. The number of methoxy groups -OCH3 is 1. The lowest BCUT2D eigenvalue weighted by molar-refractivity contribution is -0.132. The summed E-state index contributed by atoms with van der Waals surface area (Å²) in [7, 11) is 1.68. The van der Waals surface area contributed by atoms with Gasteiger partial charge in [0.25, 0.3) is 0 Å². The van der Waals surface area contributed by atoms with Crippen LogP contribution in [0.3, 0.4) is 0 Å². The number of likely N-dealkylation sites (tertiary alicyclic amines) is 1. The number of benzene rings is 1. The minimum Gasteiger partial charge on any atom is -0.493 e. The summed E-state index contributed by atoms with van der Waals surface area (Å²) in [5, 5.41) is 0. The van der Waals surface area contributed by atoms with Crippen LogP contribution in [0.1, 0.15) is 57.9 Å². The first kappa shape index (κ1) is 20.0. The molecule has 2 N–H and O–H groups in total. The Morgan fingerprint density at radius 2 is 1.89 bits per heavy atom. The van der Waals surface area contributed by atoms with Crippen LogP contribution >= 0.6 is 0 Å². The van der Waals surface area contributed by atoms with Gasteiger partial charge in [-0.05, 0) is 55.2 Å². The van der Waals surface area contributed by atoms with Crippen molar-refractivity contribution in [2.45, 2.75) is 64.5 Å². The summed E-state index contributed by atoms with van der Waals surface area (Å²) in [4.78, 5) is 14.6. The molecular formula is C22H34N2O3. The van der Waals surface area contributed by atoms with Crippen LogP contribution in [0.2, 0.25) is 0 Å². The first-order chi connectivity index (χ1) is 12.9. The third kappa shape index (κ3) is 4.40. The highest BCUT2D eigenvalue weighted by Gasteiger charge is 2.36. The second kappa shape index (κ2) is 8.51. The maximum atomic E-state index is 12.7. The Kier molecular flexibility index (Phi) is 6.30. The molecule has 1 saturated heterocycles. The van der Waals surface area contributed by atoms with E-state index in [0.717, 1.165) is 37.4 Å². The van der Waals surface area contributed by atoms with Crippen molar-refractivity contribution in [2.75, 3.05) is 20.2 Å². The first-order valence-corrected chi connectivity index (χ1v) is 10.3. The molecule has 1 aromatic rings. The third-order valence-corrected chi connectivity index (χ3v) is 6.14. The Morgan fingerprint density at radius 1 is 1.19 bits per heavy atom. The highest BCUT2D eigenvalue weighted by atomic mass is 16.5. The molecule has 2 aliphatic rings. The Morgan fingerprint density at radius 3 is 2.52 bits per heavy atom. The monoisotopic (exact) mass is 374 g/mol. The number of nitrogens with two attached hydrogens (primary N) is 1. The SMILES string of the molecule is COc1ccc(C2CN(C(=O)C(N)C(C)C)CC2C)cc1OC1CCCC1. The van der Waals surface area contributed by atoms with Crippen LogP contribution in [0.5, 0.6) is 11.5 Å². The van der Waals surface area contributed by atoms with Crippen molar-refractivity contribution in [2.24, 2.45) is 17.6 Å². The fourth-order valence-electron chi connectivity index (χ4n) is 4.28. The Hall–Kier alpha value is -1.75. The smallest absolute Gasteiger partial charge is 0.239 e. The van der Waals surface area contributed by atoms with Crippen LogP contribution in [0.15, 0.2) is 18.2 Å². The quantitative estimate of drug-likeness (QED) is 0.827. The van der Waals surface area contributed by atoms with E-state index in [1.807, 2.05) is 24.8 Å². The van der Waals surface area contributed by atoms with Crippen molar-refractivity contribution >= 4 is 5.91 Å². The molecule has 0 spiro atoms. The molecule has 1 amide bonds. The van der Waals surface area contributed by atoms with Crippen molar-refractivity contribution in [1.82, 2.24) is 4.90 Å². The third-order valence-electron chi connectivity index (χ3n) is 6.14. The molecule has 5 heteroatoms. The summed E-state index contributed by atoms with van der Waals surface area (Å²) in [6.07, 6.45) is 4.99. The average molecular weight is 375 g/mol. The van der Waals surface area contributed by atoms with Crippen molar-refractivity contribution < 1.29 is 14.3 Å². The number of carbonyl (C=O) groups is 1. The summed E-state index contributed by atoms with van der Waals surface area (Å²) in [6, 6.07) is 5.80. The number of ether oxygens (including phenoxy) is 2. The molecule has 3 rings (SSSR count). The molecule has 2 fully saturated rings. The molecule has 1 aliphatic heterocycles. The maximum absolute atomic E-state index is 12.7. The molecule has 1 aliphatic carbocycles. The van der Waals surface area contributed by atoms with Crippen LogP contribution in [0.25, 0.3) is 0 Å². The first-order valence-electron chi connectivity index (χ1n) is 10.3. The molecular weight excluding hydrogens is 340 g/mol. The van der Waals surface area contributed by atoms with Gasteiger partial charge < -0.3 is 20.1 Å². The molecule has 1 aromatic carbocycles. The molecule has 1 saturated carbocycles. The van der Waals surface area contributed by atoms with E-state index in [4.69, 9.17) is 15.2 Å². The molecule has 27 heavy (non-hydrogen) atoms. The zero-order valence-corrected chi connectivity index (χ0v) is 17.1. The van der Waals surface area contributed by atoms with Crippen LogP contribution in [0, 0.1) is 11.8 Å². The van der Waals surface area contributed by atoms with E-state index in [1.54, 1.807) is 7.11 Å². The standard InChI is InChI=1S/C22H34N2O3/c1-14(2)21(23)22(25)24-12-15(3)18(13-24)16-9-10-19(26-4)20(11-16)27-17-7-5-6-8-17/h9-11,14-15,17-18,21H,5-8,12-13,23H2,1-4H3. The van der Waals surface area contributed by atoms with Crippen molar-refractivity contribution in [3.63, 3.8) is 0 Å². The van der Waals surface area contributed by atoms with E-state index >= 15 is 0 Å². The second-order valence-electron chi connectivity index (χ2n) is 8.53. The van der Waals surface area contributed by atoms with Gasteiger partial charge >= 0.3 is 0 Å². The molecule has 1 heterocycles. The molecule has 3 unspecified atom stereocenters. The summed E-state index contributed by atoms with van der Waals surface area (Å²) >= 11 is 0. The van der Waals surface area contributed by atoms with E-state index in [-0.39, 0.29) is 17.9 Å². The van der Waals surface area contributed by atoms with E-state index < -0.39 is 6.04 Å². The summed E-state index contributed by atoms with van der Waals surface area (Å²) < 4.78 is 11.8. The topological polar surface area (TPSA) is 64.8 Å². The van der Waals surface area contributed by atoms with Gasteiger partial charge in [-0.2, -0.15) is 0 Å². The fourth-order valence-corrected chi connectivity index (χ4v) is 4.28. The molecule has 150 valence electrons. The van der Waals surface area contributed by atoms with Gasteiger partial charge in [-0.25, -0.2) is 0 Å². The zero-order chi connectivity index (χ0) is 19.6. The molecule has 5 nitrogen and oxygen atoms in total. The van der Waals surface area contributed by atoms with Crippen molar-refractivity contribution in [3.05, 3.63) is 23.8 Å². The molecule has 3 atom stereocenters. The molecule has 0 aromatic heterocycles. The van der Waals surface area contributed by atoms with E-state index in [0.29, 0.717) is 11.8 Å². The Balaban J connectivity index is 1.76. The van der Waals surface area contributed by atoms with Gasteiger partial charge in [0.15, 0.2) is 11.5 Å². The van der Waals surface area contributed by atoms with Crippen molar-refractivity contribution in [1.29, 1.82) is 0 Å². The predicted molar refractivity (Wildman–Crippen MR) is 107 cm³/mol. The number of carbonyl (C=O) groups excluding carboxylic acids is 1. The lowest BCUT2D eigenvalue weighted by Crippen LogP contribution is -2.45. The van der Waals surface area contributed by atoms with Gasteiger partial charge in [-0.1, -0.05) is 26.8 Å².